The van der Waals surface area contributed by atoms with E-state index in [2.05, 4.69) is 26.0 Å². The van der Waals surface area contributed by atoms with Gasteiger partial charge >= 0.3 is 0 Å². The highest BCUT2D eigenvalue weighted by Gasteiger charge is 2.06. The van der Waals surface area contributed by atoms with E-state index in [0.29, 0.717) is 0 Å². The summed E-state index contributed by atoms with van der Waals surface area (Å²) in [7, 11) is 0. The SMILES string of the molecule is Cc1c(Br)cnn1-c1nccs1. The van der Waals surface area contributed by atoms with Crippen molar-refractivity contribution in [3.8, 4) is 5.13 Å². The van der Waals surface area contributed by atoms with Gasteiger partial charge in [0, 0.05) is 11.6 Å². The standard InChI is InChI=1S/C7H6BrN3S/c1-5-6(8)4-10-11(5)7-9-2-3-12-7/h2-4H,1H3. The first-order valence-electron chi connectivity index (χ1n) is 3.39. The molecule has 0 saturated heterocycles. The van der Waals surface area contributed by atoms with Crippen LogP contribution in [0.2, 0.25) is 0 Å². The largest absolute Gasteiger partial charge is 0.227 e. The van der Waals surface area contributed by atoms with Crippen LogP contribution in [0.4, 0.5) is 0 Å². The molecule has 0 saturated carbocycles. The molecule has 0 unspecified atom stereocenters. The van der Waals surface area contributed by atoms with Crippen molar-refractivity contribution in [3.05, 3.63) is 27.9 Å². The van der Waals surface area contributed by atoms with Gasteiger partial charge in [0.05, 0.1) is 16.4 Å². The molecule has 0 fully saturated rings. The lowest BCUT2D eigenvalue weighted by atomic mass is 10.5. The second-order valence-corrected chi connectivity index (χ2v) is 4.03. The summed E-state index contributed by atoms with van der Waals surface area (Å²) in [6, 6.07) is 0. The van der Waals surface area contributed by atoms with Crippen LogP contribution in [0, 0.1) is 6.92 Å². The second-order valence-electron chi connectivity index (χ2n) is 2.30. The quantitative estimate of drug-likeness (QED) is 0.771. The number of nitrogens with zero attached hydrogens (tertiary/aromatic N) is 3. The third-order valence-corrected chi connectivity index (χ3v) is 3.08. The van der Waals surface area contributed by atoms with Gasteiger partial charge in [0.2, 0.25) is 5.13 Å². The van der Waals surface area contributed by atoms with Crippen LogP contribution >= 0.6 is 27.3 Å². The van der Waals surface area contributed by atoms with E-state index in [1.807, 2.05) is 17.0 Å². The zero-order chi connectivity index (χ0) is 8.55. The molecule has 2 heterocycles. The highest BCUT2D eigenvalue weighted by atomic mass is 79.9. The summed E-state index contributed by atoms with van der Waals surface area (Å²) in [6.07, 6.45) is 3.55. The molecule has 3 nitrogen and oxygen atoms in total. The third-order valence-electron chi connectivity index (χ3n) is 1.55. The topological polar surface area (TPSA) is 30.7 Å². The fraction of sp³-hybridized carbons (Fsp3) is 0.143. The number of rotatable bonds is 1. The van der Waals surface area contributed by atoms with Crippen LogP contribution in [-0.2, 0) is 0 Å². The van der Waals surface area contributed by atoms with Crippen molar-refractivity contribution in [1.29, 1.82) is 0 Å². The summed E-state index contributed by atoms with van der Waals surface area (Å²) >= 11 is 4.97. The van der Waals surface area contributed by atoms with Crippen molar-refractivity contribution < 1.29 is 0 Å². The van der Waals surface area contributed by atoms with E-state index in [-0.39, 0.29) is 0 Å². The van der Waals surface area contributed by atoms with E-state index in [9.17, 15) is 0 Å². The lowest BCUT2D eigenvalue weighted by Gasteiger charge is -1.96. The Bertz CT molecular complexity index is 379. The van der Waals surface area contributed by atoms with Crippen LogP contribution in [-0.4, -0.2) is 14.8 Å². The molecular weight excluding hydrogens is 238 g/mol. The number of thiazole rings is 1. The Morgan fingerprint density at radius 1 is 1.58 bits per heavy atom. The lowest BCUT2D eigenvalue weighted by molar-refractivity contribution is 0.837. The fourth-order valence-electron chi connectivity index (χ4n) is 0.903. The first-order valence-corrected chi connectivity index (χ1v) is 5.06. The summed E-state index contributed by atoms with van der Waals surface area (Å²) in [4.78, 5) is 4.16. The zero-order valence-corrected chi connectivity index (χ0v) is 8.76. The molecule has 2 rings (SSSR count). The molecule has 0 aliphatic carbocycles. The Hall–Kier alpha value is -0.680. The van der Waals surface area contributed by atoms with Gasteiger partial charge in [0.25, 0.3) is 0 Å². The van der Waals surface area contributed by atoms with Crippen molar-refractivity contribution in [1.82, 2.24) is 14.8 Å². The van der Waals surface area contributed by atoms with E-state index < -0.39 is 0 Å². The first kappa shape index (κ1) is 7.94. The number of hydrogen-bond donors (Lipinski definition) is 0. The van der Waals surface area contributed by atoms with Gasteiger partial charge < -0.3 is 0 Å². The Kier molecular flexibility index (Phi) is 1.98. The predicted molar refractivity (Wildman–Crippen MR) is 51.7 cm³/mol. The average molecular weight is 244 g/mol. The molecule has 0 radical (unpaired) electrons. The molecule has 0 N–H and O–H groups in total. The minimum absolute atomic E-state index is 0.901. The highest BCUT2D eigenvalue weighted by Crippen LogP contribution is 2.19. The van der Waals surface area contributed by atoms with E-state index in [1.54, 1.807) is 23.7 Å². The van der Waals surface area contributed by atoms with E-state index >= 15 is 0 Å². The Balaban J connectivity index is 2.55. The van der Waals surface area contributed by atoms with Crippen LogP contribution in [0.3, 0.4) is 0 Å². The van der Waals surface area contributed by atoms with Gasteiger partial charge in [-0.25, -0.2) is 9.67 Å². The molecule has 12 heavy (non-hydrogen) atoms. The van der Waals surface area contributed by atoms with Gasteiger partial charge in [-0.15, -0.1) is 11.3 Å². The normalized spacial score (nSPS) is 10.5. The summed E-state index contributed by atoms with van der Waals surface area (Å²) < 4.78 is 2.83. The van der Waals surface area contributed by atoms with Crippen molar-refractivity contribution in [3.63, 3.8) is 0 Å². The van der Waals surface area contributed by atoms with Crippen molar-refractivity contribution in [2.45, 2.75) is 6.92 Å². The van der Waals surface area contributed by atoms with Gasteiger partial charge in [-0.2, -0.15) is 5.10 Å². The van der Waals surface area contributed by atoms with E-state index in [0.717, 1.165) is 15.3 Å². The molecule has 0 atom stereocenters. The molecule has 5 heteroatoms. The van der Waals surface area contributed by atoms with Gasteiger partial charge in [-0.1, -0.05) is 0 Å². The third kappa shape index (κ3) is 1.19. The Morgan fingerprint density at radius 3 is 2.92 bits per heavy atom. The molecular formula is C7H6BrN3S. The van der Waals surface area contributed by atoms with Crippen molar-refractivity contribution >= 4 is 27.3 Å². The minimum atomic E-state index is 0.901. The van der Waals surface area contributed by atoms with Crippen molar-refractivity contribution in [2.75, 3.05) is 0 Å². The maximum absolute atomic E-state index is 4.18. The molecule has 0 bridgehead atoms. The molecule has 0 aromatic carbocycles. The van der Waals surface area contributed by atoms with Crippen LogP contribution in [0.5, 0.6) is 0 Å². The van der Waals surface area contributed by atoms with E-state index in [4.69, 9.17) is 0 Å². The number of halogens is 1. The smallest absolute Gasteiger partial charge is 0.210 e. The molecule has 0 spiro atoms. The first-order chi connectivity index (χ1) is 5.79. The molecule has 2 aromatic heterocycles. The molecule has 2 aromatic rings. The molecule has 62 valence electrons. The maximum Gasteiger partial charge on any atom is 0.210 e. The molecule has 0 aliphatic rings. The van der Waals surface area contributed by atoms with Crippen molar-refractivity contribution in [2.24, 2.45) is 0 Å². The van der Waals surface area contributed by atoms with Gasteiger partial charge in [-0.3, -0.25) is 0 Å². The number of aromatic nitrogens is 3. The second kappa shape index (κ2) is 2.99. The zero-order valence-electron chi connectivity index (χ0n) is 6.36. The summed E-state index contributed by atoms with van der Waals surface area (Å²) in [5, 5.41) is 7.01. The molecule has 0 amide bonds. The Labute approximate surface area is 82.2 Å². The van der Waals surface area contributed by atoms with E-state index in [1.165, 1.54) is 0 Å². The average Bonchev–Trinajstić information content (AvgIpc) is 2.64. The monoisotopic (exact) mass is 243 g/mol. The molecule has 0 aliphatic heterocycles. The maximum atomic E-state index is 4.18. The minimum Gasteiger partial charge on any atom is -0.227 e. The van der Waals surface area contributed by atoms with Gasteiger partial charge in [-0.05, 0) is 22.9 Å². The van der Waals surface area contributed by atoms with Crippen LogP contribution < -0.4 is 0 Å². The predicted octanol–water partition coefficient (Wildman–Crippen LogP) is 2.40. The lowest BCUT2D eigenvalue weighted by Crippen LogP contribution is -1.96. The van der Waals surface area contributed by atoms with Gasteiger partial charge in [0.1, 0.15) is 0 Å². The Morgan fingerprint density at radius 2 is 2.42 bits per heavy atom. The number of hydrogen-bond acceptors (Lipinski definition) is 3. The van der Waals surface area contributed by atoms with Crippen LogP contribution in [0.15, 0.2) is 22.2 Å². The summed E-state index contributed by atoms with van der Waals surface area (Å²) in [5.41, 5.74) is 1.07. The summed E-state index contributed by atoms with van der Waals surface area (Å²) in [6.45, 7) is 2.00. The highest BCUT2D eigenvalue weighted by molar-refractivity contribution is 9.10. The van der Waals surface area contributed by atoms with Crippen LogP contribution in [0.1, 0.15) is 5.69 Å². The van der Waals surface area contributed by atoms with Gasteiger partial charge in [0.15, 0.2) is 0 Å². The summed E-state index contributed by atoms with van der Waals surface area (Å²) in [5.74, 6) is 0. The fourth-order valence-corrected chi connectivity index (χ4v) is 1.81. The van der Waals surface area contributed by atoms with Crippen LogP contribution in [0.25, 0.3) is 5.13 Å².